The van der Waals surface area contributed by atoms with Gasteiger partial charge in [-0.2, -0.15) is 0 Å². The molecule has 1 nitrogen and oxygen atoms in total. The van der Waals surface area contributed by atoms with Gasteiger partial charge in [-0.15, -0.1) is 0 Å². The highest BCUT2D eigenvalue weighted by atomic mass is 79.9. The zero-order valence-corrected chi connectivity index (χ0v) is 12.1. The molecule has 0 amide bonds. The van der Waals surface area contributed by atoms with Gasteiger partial charge < -0.3 is 0 Å². The summed E-state index contributed by atoms with van der Waals surface area (Å²) in [6.07, 6.45) is 12.3. The molecule has 0 aromatic carbocycles. The van der Waals surface area contributed by atoms with Crippen LogP contribution in [0, 0.1) is 5.92 Å². The Bertz CT molecular complexity index is 203. The van der Waals surface area contributed by atoms with Crippen molar-refractivity contribution < 1.29 is 4.79 Å². The summed E-state index contributed by atoms with van der Waals surface area (Å²) in [5, 5.41) is 0. The molecule has 1 rings (SSSR count). The third-order valence-corrected chi connectivity index (χ3v) is 4.62. The molecule has 0 bridgehead atoms. The Morgan fingerprint density at radius 3 is 2.06 bits per heavy atom. The number of Topliss-reactive ketones (excluding diaryl/α,β-unsaturated/α-hetero) is 1. The third kappa shape index (κ3) is 4.99. The maximum atomic E-state index is 12.1. The summed E-state index contributed by atoms with van der Waals surface area (Å²) in [5.41, 5.74) is 0. The average Bonchev–Trinajstić information content (AvgIpc) is 2.29. The fraction of sp³-hybridized carbons (Fsp3) is 0.929. The normalized spacial score (nSPS) is 30.5. The standard InChI is InChI=1S/C14H25BrO/c1-2-12-10-8-6-4-3-5-7-9-11-13(15)14(12)16/h12-13H,2-11H2,1H3/t12?,13-/m1/s1. The van der Waals surface area contributed by atoms with E-state index in [9.17, 15) is 4.79 Å². The summed E-state index contributed by atoms with van der Waals surface area (Å²) in [5.74, 6) is 0.770. The Kier molecular flexibility index (Phi) is 7.35. The molecule has 0 aromatic heterocycles. The van der Waals surface area contributed by atoms with Crippen molar-refractivity contribution in [1.82, 2.24) is 0 Å². The second-order valence-corrected chi connectivity index (χ2v) is 6.13. The van der Waals surface area contributed by atoms with Gasteiger partial charge in [0.2, 0.25) is 0 Å². The highest BCUT2D eigenvalue weighted by Crippen LogP contribution is 2.24. The number of carbonyl (C=O) groups excluding carboxylic acids is 1. The van der Waals surface area contributed by atoms with Gasteiger partial charge in [-0.05, 0) is 19.3 Å². The fourth-order valence-electron chi connectivity index (χ4n) is 2.54. The summed E-state index contributed by atoms with van der Waals surface area (Å²) in [4.78, 5) is 12.3. The lowest BCUT2D eigenvalue weighted by Gasteiger charge is -2.18. The number of carbonyl (C=O) groups is 1. The van der Waals surface area contributed by atoms with Gasteiger partial charge in [0, 0.05) is 5.92 Å². The minimum Gasteiger partial charge on any atom is -0.298 e. The van der Waals surface area contributed by atoms with Crippen molar-refractivity contribution in [1.29, 1.82) is 0 Å². The van der Waals surface area contributed by atoms with E-state index in [1.165, 1.54) is 44.9 Å². The zero-order valence-electron chi connectivity index (χ0n) is 10.5. The molecule has 1 fully saturated rings. The first-order chi connectivity index (χ1) is 7.75. The van der Waals surface area contributed by atoms with Gasteiger partial charge in [0.05, 0.1) is 4.83 Å². The molecule has 0 N–H and O–H groups in total. The number of hydrogen-bond donors (Lipinski definition) is 0. The molecule has 94 valence electrons. The van der Waals surface area contributed by atoms with E-state index in [2.05, 4.69) is 22.9 Å². The molecule has 1 aliphatic rings. The predicted molar refractivity (Wildman–Crippen MR) is 73.1 cm³/mol. The number of ketones is 1. The van der Waals surface area contributed by atoms with Crippen molar-refractivity contribution in [3.8, 4) is 0 Å². The van der Waals surface area contributed by atoms with E-state index in [-0.39, 0.29) is 4.83 Å². The molecule has 1 saturated carbocycles. The highest BCUT2D eigenvalue weighted by Gasteiger charge is 2.23. The van der Waals surface area contributed by atoms with Crippen molar-refractivity contribution in [2.24, 2.45) is 5.92 Å². The number of halogens is 1. The quantitative estimate of drug-likeness (QED) is 0.629. The van der Waals surface area contributed by atoms with Crippen molar-refractivity contribution in [3.63, 3.8) is 0 Å². The van der Waals surface area contributed by atoms with Gasteiger partial charge in [-0.1, -0.05) is 67.8 Å². The maximum Gasteiger partial charge on any atom is 0.149 e. The Hall–Kier alpha value is 0.150. The fourth-order valence-corrected chi connectivity index (χ4v) is 3.24. The smallest absolute Gasteiger partial charge is 0.149 e. The molecule has 16 heavy (non-hydrogen) atoms. The number of hydrogen-bond acceptors (Lipinski definition) is 1. The monoisotopic (exact) mass is 288 g/mol. The van der Waals surface area contributed by atoms with Gasteiger partial charge in [0.25, 0.3) is 0 Å². The molecular formula is C14H25BrO. The van der Waals surface area contributed by atoms with Crippen LogP contribution in [0.5, 0.6) is 0 Å². The molecule has 2 heteroatoms. The number of rotatable bonds is 1. The molecule has 1 unspecified atom stereocenters. The Morgan fingerprint density at radius 1 is 1.00 bits per heavy atom. The molecule has 0 radical (unpaired) electrons. The summed E-state index contributed by atoms with van der Waals surface area (Å²) >= 11 is 3.58. The molecule has 0 spiro atoms. The van der Waals surface area contributed by atoms with E-state index in [0.29, 0.717) is 11.7 Å². The van der Waals surface area contributed by atoms with Crippen LogP contribution in [0.2, 0.25) is 0 Å². The SMILES string of the molecule is CCC1CCCCCCCCC[C@@H](Br)C1=O. The lowest BCUT2D eigenvalue weighted by Crippen LogP contribution is -2.23. The van der Waals surface area contributed by atoms with Crippen LogP contribution in [0.1, 0.15) is 71.1 Å². The van der Waals surface area contributed by atoms with Crippen LogP contribution in [0.3, 0.4) is 0 Å². The maximum absolute atomic E-state index is 12.1. The Morgan fingerprint density at radius 2 is 1.50 bits per heavy atom. The minimum atomic E-state index is 0.122. The van der Waals surface area contributed by atoms with E-state index in [1.807, 2.05) is 0 Å². The molecule has 0 heterocycles. The van der Waals surface area contributed by atoms with Crippen molar-refractivity contribution >= 4 is 21.7 Å². The van der Waals surface area contributed by atoms with Crippen LogP contribution < -0.4 is 0 Å². The van der Waals surface area contributed by atoms with Crippen LogP contribution >= 0.6 is 15.9 Å². The predicted octanol–water partition coefficient (Wildman–Crippen LogP) is 4.87. The average molecular weight is 289 g/mol. The van der Waals surface area contributed by atoms with Crippen LogP contribution in [-0.4, -0.2) is 10.6 Å². The van der Waals surface area contributed by atoms with E-state index < -0.39 is 0 Å². The van der Waals surface area contributed by atoms with Crippen LogP contribution in [0.15, 0.2) is 0 Å². The zero-order chi connectivity index (χ0) is 11.8. The number of alkyl halides is 1. The molecule has 1 aliphatic carbocycles. The topological polar surface area (TPSA) is 17.1 Å². The summed E-state index contributed by atoms with van der Waals surface area (Å²) in [7, 11) is 0. The highest BCUT2D eigenvalue weighted by molar-refractivity contribution is 9.10. The van der Waals surface area contributed by atoms with Gasteiger partial charge in [0.1, 0.15) is 5.78 Å². The Labute approximate surface area is 109 Å². The van der Waals surface area contributed by atoms with Crippen molar-refractivity contribution in [2.75, 3.05) is 0 Å². The lowest BCUT2D eigenvalue weighted by molar-refractivity contribution is -0.122. The van der Waals surface area contributed by atoms with E-state index >= 15 is 0 Å². The second kappa shape index (κ2) is 8.27. The van der Waals surface area contributed by atoms with Gasteiger partial charge in [-0.25, -0.2) is 0 Å². The molecule has 0 saturated heterocycles. The van der Waals surface area contributed by atoms with Crippen molar-refractivity contribution in [2.45, 2.75) is 76.0 Å². The third-order valence-electron chi connectivity index (χ3n) is 3.71. The second-order valence-electron chi connectivity index (χ2n) is 5.03. The van der Waals surface area contributed by atoms with E-state index in [0.717, 1.165) is 19.3 Å². The molecule has 2 atom stereocenters. The Balaban J connectivity index is 2.47. The molecule has 0 aliphatic heterocycles. The first-order valence-corrected chi connectivity index (χ1v) is 7.85. The summed E-state index contributed by atoms with van der Waals surface area (Å²) < 4.78 is 0. The van der Waals surface area contributed by atoms with Crippen LogP contribution in [0.4, 0.5) is 0 Å². The molecule has 0 aromatic rings. The lowest BCUT2D eigenvalue weighted by atomic mass is 9.90. The first kappa shape index (κ1) is 14.2. The first-order valence-electron chi connectivity index (χ1n) is 6.93. The van der Waals surface area contributed by atoms with Gasteiger partial charge >= 0.3 is 0 Å². The minimum absolute atomic E-state index is 0.122. The summed E-state index contributed by atoms with van der Waals surface area (Å²) in [6.45, 7) is 2.15. The van der Waals surface area contributed by atoms with Gasteiger partial charge in [0.15, 0.2) is 0 Å². The van der Waals surface area contributed by atoms with E-state index in [1.54, 1.807) is 0 Å². The summed E-state index contributed by atoms with van der Waals surface area (Å²) in [6, 6.07) is 0. The van der Waals surface area contributed by atoms with Crippen molar-refractivity contribution in [3.05, 3.63) is 0 Å². The van der Waals surface area contributed by atoms with Crippen LogP contribution in [0.25, 0.3) is 0 Å². The largest absolute Gasteiger partial charge is 0.298 e. The molecular weight excluding hydrogens is 264 g/mol. The van der Waals surface area contributed by atoms with Gasteiger partial charge in [-0.3, -0.25) is 4.79 Å². The van der Waals surface area contributed by atoms with Crippen LogP contribution in [-0.2, 0) is 4.79 Å². The van der Waals surface area contributed by atoms with E-state index in [4.69, 9.17) is 0 Å².